The van der Waals surface area contributed by atoms with Crippen LogP contribution in [0.25, 0.3) is 0 Å². The molecule has 1 saturated carbocycles. The highest BCUT2D eigenvalue weighted by Gasteiger charge is 2.18. The third-order valence-electron chi connectivity index (χ3n) is 3.32. The molecule has 1 aliphatic carbocycles. The number of nitrogens with zero attached hydrogens (tertiary/aromatic N) is 1. The molecule has 0 radical (unpaired) electrons. The van der Waals surface area contributed by atoms with Crippen LogP contribution in [0, 0.1) is 17.1 Å². The lowest BCUT2D eigenvalue weighted by molar-refractivity contribution is 0.359. The Balaban J connectivity index is 2.03. The van der Waals surface area contributed by atoms with Crippen molar-refractivity contribution in [3.8, 4) is 6.07 Å². The van der Waals surface area contributed by atoms with E-state index in [-0.39, 0.29) is 5.82 Å². The van der Waals surface area contributed by atoms with Crippen LogP contribution >= 0.6 is 0 Å². The molecular formula is C14H17FN2. The molecule has 90 valence electrons. The number of hydrogen-bond donors (Lipinski definition) is 1. The molecule has 3 heteroatoms. The van der Waals surface area contributed by atoms with Crippen LogP contribution in [0.5, 0.6) is 0 Å². The minimum absolute atomic E-state index is 0.284. The van der Waals surface area contributed by atoms with Crippen molar-refractivity contribution < 1.29 is 4.39 Å². The van der Waals surface area contributed by atoms with Gasteiger partial charge in [0.1, 0.15) is 11.9 Å². The zero-order valence-electron chi connectivity index (χ0n) is 9.82. The second-order valence-electron chi connectivity index (χ2n) is 4.62. The average molecular weight is 232 g/mol. The molecule has 1 aromatic rings. The van der Waals surface area contributed by atoms with Gasteiger partial charge in [0.2, 0.25) is 0 Å². The number of benzene rings is 1. The zero-order chi connectivity index (χ0) is 12.1. The van der Waals surface area contributed by atoms with Crippen molar-refractivity contribution >= 4 is 0 Å². The lowest BCUT2D eigenvalue weighted by atomic mass is 9.94. The second kappa shape index (κ2) is 5.79. The summed E-state index contributed by atoms with van der Waals surface area (Å²) in [7, 11) is 0. The molecule has 0 aromatic heterocycles. The summed E-state index contributed by atoms with van der Waals surface area (Å²) in [5, 5.41) is 12.5. The zero-order valence-corrected chi connectivity index (χ0v) is 9.82. The van der Waals surface area contributed by atoms with Crippen molar-refractivity contribution in [1.82, 2.24) is 5.32 Å². The first-order chi connectivity index (χ1) is 8.29. The second-order valence-corrected chi connectivity index (χ2v) is 4.62. The summed E-state index contributed by atoms with van der Waals surface area (Å²) < 4.78 is 13.1. The van der Waals surface area contributed by atoms with Crippen molar-refractivity contribution in [1.29, 1.82) is 5.26 Å². The Hall–Kier alpha value is -1.40. The van der Waals surface area contributed by atoms with Gasteiger partial charge in [-0.1, -0.05) is 31.4 Å². The summed E-state index contributed by atoms with van der Waals surface area (Å²) in [6, 6.07) is 8.50. The van der Waals surface area contributed by atoms with Crippen LogP contribution in [-0.4, -0.2) is 6.04 Å². The number of nitriles is 1. The fourth-order valence-corrected chi connectivity index (χ4v) is 2.40. The summed E-state index contributed by atoms with van der Waals surface area (Å²) >= 11 is 0. The molecule has 2 nitrogen and oxygen atoms in total. The summed E-state index contributed by atoms with van der Waals surface area (Å²) in [6.07, 6.45) is 5.97. The highest BCUT2D eigenvalue weighted by Crippen LogP contribution is 2.21. The van der Waals surface area contributed by atoms with Crippen LogP contribution in [0.1, 0.15) is 43.7 Å². The highest BCUT2D eigenvalue weighted by molar-refractivity contribution is 5.24. The topological polar surface area (TPSA) is 35.8 Å². The van der Waals surface area contributed by atoms with E-state index in [9.17, 15) is 4.39 Å². The van der Waals surface area contributed by atoms with Crippen molar-refractivity contribution in [3.63, 3.8) is 0 Å². The standard InChI is InChI=1S/C14H17FN2/c15-12-6-4-5-11(9-12)14(10-16)17-13-7-2-1-3-8-13/h4-6,9,13-14,17H,1-3,7-8H2. The van der Waals surface area contributed by atoms with Crippen molar-refractivity contribution in [3.05, 3.63) is 35.6 Å². The number of nitrogens with one attached hydrogen (secondary N) is 1. The molecule has 1 atom stereocenters. The molecule has 0 bridgehead atoms. The first-order valence-electron chi connectivity index (χ1n) is 6.21. The monoisotopic (exact) mass is 232 g/mol. The maximum Gasteiger partial charge on any atom is 0.123 e. The van der Waals surface area contributed by atoms with Crippen LogP contribution in [0.3, 0.4) is 0 Å². The smallest absolute Gasteiger partial charge is 0.123 e. The van der Waals surface area contributed by atoms with Crippen molar-refractivity contribution in [2.45, 2.75) is 44.2 Å². The predicted octanol–water partition coefficient (Wildman–Crippen LogP) is 3.31. The van der Waals surface area contributed by atoms with Gasteiger partial charge in [0.05, 0.1) is 6.07 Å². The lowest BCUT2D eigenvalue weighted by Crippen LogP contribution is -2.33. The molecule has 1 fully saturated rings. The van der Waals surface area contributed by atoms with E-state index >= 15 is 0 Å². The molecule has 1 aliphatic rings. The normalized spacial score (nSPS) is 18.6. The van der Waals surface area contributed by atoms with Crippen LogP contribution in [0.15, 0.2) is 24.3 Å². The number of hydrogen-bond acceptors (Lipinski definition) is 2. The van der Waals surface area contributed by atoms with E-state index in [1.807, 2.05) is 0 Å². The van der Waals surface area contributed by atoms with Crippen molar-refractivity contribution in [2.75, 3.05) is 0 Å². The van der Waals surface area contributed by atoms with E-state index < -0.39 is 6.04 Å². The van der Waals surface area contributed by atoms with Gasteiger partial charge in [-0.05, 0) is 30.5 Å². The molecule has 1 N–H and O–H groups in total. The molecular weight excluding hydrogens is 215 g/mol. The Bertz CT molecular complexity index is 405. The van der Waals surface area contributed by atoms with Crippen LogP contribution < -0.4 is 5.32 Å². The fourth-order valence-electron chi connectivity index (χ4n) is 2.40. The fraction of sp³-hybridized carbons (Fsp3) is 0.500. The molecule has 1 aromatic carbocycles. The molecule has 17 heavy (non-hydrogen) atoms. The quantitative estimate of drug-likeness (QED) is 0.867. The van der Waals surface area contributed by atoms with E-state index in [0.717, 1.165) is 18.4 Å². The molecule has 0 spiro atoms. The maximum atomic E-state index is 13.1. The van der Waals surface area contributed by atoms with Gasteiger partial charge in [0.25, 0.3) is 0 Å². The molecule has 2 rings (SSSR count). The summed E-state index contributed by atoms with van der Waals surface area (Å²) in [4.78, 5) is 0. The summed E-state index contributed by atoms with van der Waals surface area (Å²) in [5.41, 5.74) is 0.720. The first kappa shape index (κ1) is 12.1. The minimum Gasteiger partial charge on any atom is -0.295 e. The van der Waals surface area contributed by atoms with E-state index in [1.54, 1.807) is 12.1 Å². The van der Waals surface area contributed by atoms with Gasteiger partial charge >= 0.3 is 0 Å². The largest absolute Gasteiger partial charge is 0.295 e. The van der Waals surface area contributed by atoms with Gasteiger partial charge in [-0.3, -0.25) is 5.32 Å². The van der Waals surface area contributed by atoms with Crippen molar-refractivity contribution in [2.24, 2.45) is 0 Å². The first-order valence-corrected chi connectivity index (χ1v) is 6.21. The Kier molecular flexibility index (Phi) is 4.11. The Morgan fingerprint density at radius 2 is 2.06 bits per heavy atom. The van der Waals surface area contributed by atoms with Gasteiger partial charge in [-0.15, -0.1) is 0 Å². The number of rotatable bonds is 3. The van der Waals surface area contributed by atoms with Crippen LogP contribution in [0.4, 0.5) is 4.39 Å². The third kappa shape index (κ3) is 3.28. The predicted molar refractivity (Wildman–Crippen MR) is 64.8 cm³/mol. The Morgan fingerprint density at radius 1 is 1.29 bits per heavy atom. The van der Waals surface area contributed by atoms with Crippen LogP contribution in [0.2, 0.25) is 0 Å². The van der Waals surface area contributed by atoms with E-state index in [2.05, 4.69) is 11.4 Å². The van der Waals surface area contributed by atoms with E-state index in [4.69, 9.17) is 5.26 Å². The highest BCUT2D eigenvalue weighted by atomic mass is 19.1. The average Bonchev–Trinajstić information content (AvgIpc) is 2.37. The van der Waals surface area contributed by atoms with Gasteiger partial charge in [-0.25, -0.2) is 4.39 Å². The molecule has 0 heterocycles. The Labute approximate surface area is 101 Å². The van der Waals surface area contributed by atoms with Gasteiger partial charge in [-0.2, -0.15) is 5.26 Å². The lowest BCUT2D eigenvalue weighted by Gasteiger charge is -2.25. The van der Waals surface area contributed by atoms with Gasteiger partial charge in [0, 0.05) is 6.04 Å². The summed E-state index contributed by atoms with van der Waals surface area (Å²) in [5.74, 6) is -0.284. The molecule has 0 aliphatic heterocycles. The van der Waals surface area contributed by atoms with Gasteiger partial charge in [0.15, 0.2) is 0 Å². The third-order valence-corrected chi connectivity index (χ3v) is 3.32. The maximum absolute atomic E-state index is 13.1. The molecule has 1 unspecified atom stereocenters. The SMILES string of the molecule is N#CC(NC1CCCCC1)c1cccc(F)c1. The number of halogens is 1. The van der Waals surface area contributed by atoms with E-state index in [1.165, 1.54) is 31.4 Å². The van der Waals surface area contributed by atoms with Gasteiger partial charge < -0.3 is 0 Å². The van der Waals surface area contributed by atoms with Crippen LogP contribution in [-0.2, 0) is 0 Å². The Morgan fingerprint density at radius 3 is 2.71 bits per heavy atom. The summed E-state index contributed by atoms with van der Waals surface area (Å²) in [6.45, 7) is 0. The molecule has 0 amide bonds. The minimum atomic E-state index is -0.395. The molecule has 0 saturated heterocycles. The van der Waals surface area contributed by atoms with E-state index in [0.29, 0.717) is 6.04 Å².